The fraction of sp³-hybridized carbons (Fsp3) is 0.793. The van der Waals surface area contributed by atoms with Crippen molar-refractivity contribution < 1.29 is 4.39 Å². The Morgan fingerprint density at radius 3 is 2.40 bits per heavy atom. The molecule has 0 bridgehead atoms. The third-order valence-corrected chi connectivity index (χ3v) is 9.02. The van der Waals surface area contributed by atoms with Gasteiger partial charge in [0.05, 0.1) is 0 Å². The van der Waals surface area contributed by atoms with E-state index < -0.39 is 0 Å². The maximum Gasteiger partial charge on any atom is 0.130 e. The van der Waals surface area contributed by atoms with Crippen LogP contribution >= 0.6 is 0 Å². The Balaban J connectivity index is 1.37. The molecule has 0 spiro atoms. The van der Waals surface area contributed by atoms with Gasteiger partial charge in [0, 0.05) is 0 Å². The first-order valence-electron chi connectivity index (χ1n) is 13.5. The molecule has 0 saturated heterocycles. The molecule has 0 nitrogen and oxygen atoms in total. The van der Waals surface area contributed by atoms with Crippen molar-refractivity contribution in [2.24, 2.45) is 23.7 Å². The van der Waals surface area contributed by atoms with Gasteiger partial charge in [0.1, 0.15) is 5.82 Å². The van der Waals surface area contributed by atoms with Crippen LogP contribution in [0.15, 0.2) is 12.1 Å². The summed E-state index contributed by atoms with van der Waals surface area (Å²) in [6.07, 6.45) is 20.9. The van der Waals surface area contributed by atoms with Crippen LogP contribution in [0.25, 0.3) is 0 Å². The summed E-state index contributed by atoms with van der Waals surface area (Å²) in [5, 5.41) is 0. The summed E-state index contributed by atoms with van der Waals surface area (Å²) in [4.78, 5) is 0. The molecule has 0 radical (unpaired) electrons. The summed E-state index contributed by atoms with van der Waals surface area (Å²) in [7, 11) is 0. The molecule has 168 valence electrons. The molecule has 0 N–H and O–H groups in total. The van der Waals surface area contributed by atoms with Gasteiger partial charge in [-0.1, -0.05) is 77.3 Å². The van der Waals surface area contributed by atoms with E-state index in [-0.39, 0.29) is 5.82 Å². The molecule has 30 heavy (non-hydrogen) atoms. The molecular formula is C29H45F. The second-order valence-electron chi connectivity index (χ2n) is 11.1. The summed E-state index contributed by atoms with van der Waals surface area (Å²) in [5.41, 5.74) is 3.49. The molecule has 3 aliphatic carbocycles. The van der Waals surface area contributed by atoms with Gasteiger partial charge in [-0.2, -0.15) is 0 Å². The topological polar surface area (TPSA) is 0 Å². The van der Waals surface area contributed by atoms with E-state index in [9.17, 15) is 0 Å². The largest absolute Gasteiger partial charge is 0.206 e. The van der Waals surface area contributed by atoms with E-state index in [1.807, 2.05) is 0 Å². The van der Waals surface area contributed by atoms with Crippen LogP contribution in [0.1, 0.15) is 126 Å². The molecule has 5 atom stereocenters. The molecule has 2 saturated carbocycles. The van der Waals surface area contributed by atoms with E-state index in [2.05, 4.69) is 26.0 Å². The lowest BCUT2D eigenvalue weighted by molar-refractivity contribution is 0.112. The van der Waals surface area contributed by atoms with Crippen molar-refractivity contribution >= 4 is 0 Å². The molecule has 4 rings (SSSR count). The van der Waals surface area contributed by atoms with Gasteiger partial charge >= 0.3 is 0 Å². The molecule has 1 heteroatoms. The van der Waals surface area contributed by atoms with Crippen LogP contribution in [0.5, 0.6) is 0 Å². The van der Waals surface area contributed by atoms with Gasteiger partial charge in [0.2, 0.25) is 0 Å². The first-order valence-corrected chi connectivity index (χ1v) is 13.5. The Morgan fingerprint density at radius 1 is 0.800 bits per heavy atom. The lowest BCUT2D eigenvalue weighted by atomic mass is 9.63. The number of hydrogen-bond donors (Lipinski definition) is 0. The number of halogens is 1. The zero-order valence-corrected chi connectivity index (χ0v) is 19.7. The van der Waals surface area contributed by atoms with Gasteiger partial charge in [0.15, 0.2) is 0 Å². The Kier molecular flexibility index (Phi) is 7.93. The number of benzene rings is 1. The smallest absolute Gasteiger partial charge is 0.130 e. The van der Waals surface area contributed by atoms with E-state index >= 15 is 4.39 Å². The van der Waals surface area contributed by atoms with Crippen molar-refractivity contribution in [3.8, 4) is 0 Å². The molecule has 0 heterocycles. The van der Waals surface area contributed by atoms with Crippen LogP contribution in [0, 0.1) is 29.5 Å². The summed E-state index contributed by atoms with van der Waals surface area (Å²) >= 11 is 0. The number of rotatable bonds is 8. The second kappa shape index (κ2) is 10.6. The molecular weight excluding hydrogens is 367 g/mol. The molecule has 0 amide bonds. The lowest BCUT2D eigenvalue weighted by Crippen LogP contribution is -2.31. The second-order valence-corrected chi connectivity index (χ2v) is 11.1. The highest BCUT2D eigenvalue weighted by atomic mass is 19.1. The SMILES string of the molecule is CCCCCC1CCc2c(ccc(C3CCC4CC(CCCC)CCC4C3)c2F)C1. The van der Waals surface area contributed by atoms with Gasteiger partial charge in [-0.15, -0.1) is 0 Å². The predicted molar refractivity (Wildman–Crippen MR) is 126 cm³/mol. The van der Waals surface area contributed by atoms with E-state index in [0.717, 1.165) is 47.6 Å². The van der Waals surface area contributed by atoms with Gasteiger partial charge < -0.3 is 0 Å². The van der Waals surface area contributed by atoms with Crippen molar-refractivity contribution in [3.05, 3.63) is 34.6 Å². The maximum atomic E-state index is 15.6. The first-order chi connectivity index (χ1) is 14.7. The highest BCUT2D eigenvalue weighted by molar-refractivity contribution is 5.38. The molecule has 5 unspecified atom stereocenters. The molecule has 3 aliphatic rings. The molecule has 2 fully saturated rings. The van der Waals surface area contributed by atoms with E-state index in [0.29, 0.717) is 5.92 Å². The molecule has 0 aliphatic heterocycles. The Hall–Kier alpha value is -0.850. The standard InChI is InChI=1S/C29H45F/c1-3-5-7-9-22-11-16-27-25(19-22)15-17-28(29(27)30)26-14-13-23-18-21(8-6-4-2)10-12-24(23)20-26/h15,17,21-24,26H,3-14,16,18-20H2,1-2H3. The van der Waals surface area contributed by atoms with Gasteiger partial charge in [-0.05, 0) is 97.6 Å². The molecule has 1 aromatic carbocycles. The van der Waals surface area contributed by atoms with Crippen LogP contribution in [-0.4, -0.2) is 0 Å². The minimum atomic E-state index is 0.194. The molecule has 1 aromatic rings. The van der Waals surface area contributed by atoms with Crippen molar-refractivity contribution in [2.45, 2.75) is 122 Å². The highest BCUT2D eigenvalue weighted by Crippen LogP contribution is 2.49. The third-order valence-electron chi connectivity index (χ3n) is 9.02. The number of fused-ring (bicyclic) bond motifs is 2. The van der Waals surface area contributed by atoms with Gasteiger partial charge in [-0.25, -0.2) is 4.39 Å². The first kappa shape index (κ1) is 22.3. The van der Waals surface area contributed by atoms with E-state index in [1.165, 1.54) is 95.5 Å². The minimum absolute atomic E-state index is 0.194. The zero-order valence-electron chi connectivity index (χ0n) is 19.7. The van der Waals surface area contributed by atoms with Crippen molar-refractivity contribution in [1.82, 2.24) is 0 Å². The van der Waals surface area contributed by atoms with Crippen molar-refractivity contribution in [2.75, 3.05) is 0 Å². The zero-order chi connectivity index (χ0) is 20.9. The normalized spacial score (nSPS) is 31.2. The van der Waals surface area contributed by atoms with Crippen LogP contribution < -0.4 is 0 Å². The fourth-order valence-electron chi connectivity index (χ4n) is 7.17. The number of unbranched alkanes of at least 4 members (excludes halogenated alkanes) is 3. The van der Waals surface area contributed by atoms with E-state index in [1.54, 1.807) is 0 Å². The van der Waals surface area contributed by atoms with Crippen LogP contribution in [0.4, 0.5) is 4.39 Å². The Bertz CT molecular complexity index is 677. The van der Waals surface area contributed by atoms with Crippen LogP contribution in [0.3, 0.4) is 0 Å². The van der Waals surface area contributed by atoms with Crippen LogP contribution in [0.2, 0.25) is 0 Å². The number of hydrogen-bond acceptors (Lipinski definition) is 0. The Labute approximate surface area is 185 Å². The maximum absolute atomic E-state index is 15.6. The average molecular weight is 413 g/mol. The average Bonchev–Trinajstić information content (AvgIpc) is 2.77. The molecule has 0 aromatic heterocycles. The summed E-state index contributed by atoms with van der Waals surface area (Å²) in [5.74, 6) is 4.23. The predicted octanol–water partition coefficient (Wildman–Crippen LogP) is 9.00. The quantitative estimate of drug-likeness (QED) is 0.374. The Morgan fingerprint density at radius 2 is 1.57 bits per heavy atom. The summed E-state index contributed by atoms with van der Waals surface area (Å²) in [6, 6.07) is 4.51. The third kappa shape index (κ3) is 5.13. The van der Waals surface area contributed by atoms with Gasteiger partial charge in [-0.3, -0.25) is 0 Å². The van der Waals surface area contributed by atoms with Gasteiger partial charge in [0.25, 0.3) is 0 Å². The minimum Gasteiger partial charge on any atom is -0.206 e. The van der Waals surface area contributed by atoms with Crippen LogP contribution in [-0.2, 0) is 12.8 Å². The van der Waals surface area contributed by atoms with Crippen molar-refractivity contribution in [1.29, 1.82) is 0 Å². The summed E-state index contributed by atoms with van der Waals surface area (Å²) in [6.45, 7) is 4.59. The van der Waals surface area contributed by atoms with Crippen molar-refractivity contribution in [3.63, 3.8) is 0 Å². The lowest BCUT2D eigenvalue weighted by Gasteiger charge is -2.42. The summed E-state index contributed by atoms with van der Waals surface area (Å²) < 4.78 is 15.6. The highest BCUT2D eigenvalue weighted by Gasteiger charge is 2.37. The monoisotopic (exact) mass is 412 g/mol. The fourth-order valence-corrected chi connectivity index (χ4v) is 7.17. The van der Waals surface area contributed by atoms with E-state index in [4.69, 9.17) is 0 Å².